The fourth-order valence-electron chi connectivity index (χ4n) is 3.70. The van der Waals surface area contributed by atoms with Crippen LogP contribution in [-0.4, -0.2) is 65.9 Å². The highest BCUT2D eigenvalue weighted by molar-refractivity contribution is 5.06. The van der Waals surface area contributed by atoms with Crippen molar-refractivity contribution in [2.45, 2.75) is 32.2 Å². The van der Waals surface area contributed by atoms with Gasteiger partial charge in [-0.3, -0.25) is 14.9 Å². The lowest BCUT2D eigenvalue weighted by atomic mass is 9.97. The van der Waals surface area contributed by atoms with E-state index < -0.39 is 0 Å². The molecule has 0 amide bonds. The van der Waals surface area contributed by atoms with Gasteiger partial charge < -0.3 is 4.74 Å². The average molecular weight is 292 g/mol. The van der Waals surface area contributed by atoms with E-state index in [1.54, 1.807) is 0 Å². The van der Waals surface area contributed by atoms with Gasteiger partial charge in [0.25, 0.3) is 0 Å². The topological polar surface area (TPSA) is 44.4 Å². The first-order valence-corrected chi connectivity index (χ1v) is 8.36. The summed E-state index contributed by atoms with van der Waals surface area (Å²) in [4.78, 5) is 5.20. The molecule has 1 N–H and O–H groups in total. The lowest BCUT2D eigenvalue weighted by Gasteiger charge is -2.38. The highest BCUT2D eigenvalue weighted by Gasteiger charge is 2.26. The Labute approximate surface area is 127 Å². The van der Waals surface area contributed by atoms with E-state index in [4.69, 9.17) is 4.74 Å². The van der Waals surface area contributed by atoms with Crippen LogP contribution in [0.1, 0.15) is 37.9 Å². The summed E-state index contributed by atoms with van der Waals surface area (Å²) in [5, 5.41) is 7.30. The van der Waals surface area contributed by atoms with Gasteiger partial charge in [-0.25, -0.2) is 0 Å². The Balaban J connectivity index is 1.54. The van der Waals surface area contributed by atoms with E-state index in [9.17, 15) is 0 Å². The maximum Gasteiger partial charge on any atom is 0.0594 e. The SMILES string of the molecule is CC(CN1CCOCC1)CN1CCCCC1c1ccn[nH]1. The Morgan fingerprint density at radius 2 is 2.14 bits per heavy atom. The summed E-state index contributed by atoms with van der Waals surface area (Å²) in [5.41, 5.74) is 1.29. The normalized spacial score (nSPS) is 26.8. The minimum absolute atomic E-state index is 0.536. The number of nitrogens with one attached hydrogen (secondary N) is 1. The summed E-state index contributed by atoms with van der Waals surface area (Å²) in [7, 11) is 0. The van der Waals surface area contributed by atoms with Crippen molar-refractivity contribution >= 4 is 0 Å². The summed E-state index contributed by atoms with van der Waals surface area (Å²) in [6.45, 7) is 9.95. The van der Waals surface area contributed by atoms with Crippen LogP contribution in [0.15, 0.2) is 12.3 Å². The molecule has 2 atom stereocenters. The third-order valence-electron chi connectivity index (χ3n) is 4.71. The van der Waals surface area contributed by atoms with Gasteiger partial charge in [0, 0.05) is 32.4 Å². The first kappa shape index (κ1) is 15.0. The van der Waals surface area contributed by atoms with Gasteiger partial charge in [0.15, 0.2) is 0 Å². The lowest BCUT2D eigenvalue weighted by molar-refractivity contribution is 0.0258. The number of rotatable bonds is 5. The molecule has 21 heavy (non-hydrogen) atoms. The van der Waals surface area contributed by atoms with Gasteiger partial charge in [-0.2, -0.15) is 5.10 Å². The molecule has 2 saturated heterocycles. The smallest absolute Gasteiger partial charge is 0.0594 e. The number of piperidine rings is 1. The monoisotopic (exact) mass is 292 g/mol. The molecule has 5 heteroatoms. The van der Waals surface area contributed by atoms with Crippen LogP contribution in [0.4, 0.5) is 0 Å². The van der Waals surface area contributed by atoms with Crippen LogP contribution in [0.2, 0.25) is 0 Å². The van der Waals surface area contributed by atoms with Crippen LogP contribution in [0.5, 0.6) is 0 Å². The molecule has 0 spiro atoms. The number of ether oxygens (including phenoxy) is 1. The van der Waals surface area contributed by atoms with E-state index in [0.717, 1.165) is 26.3 Å². The van der Waals surface area contributed by atoms with E-state index in [2.05, 4.69) is 33.0 Å². The van der Waals surface area contributed by atoms with Crippen molar-refractivity contribution in [3.05, 3.63) is 18.0 Å². The van der Waals surface area contributed by atoms with Crippen molar-refractivity contribution in [3.8, 4) is 0 Å². The van der Waals surface area contributed by atoms with Gasteiger partial charge in [0.2, 0.25) is 0 Å². The van der Waals surface area contributed by atoms with Crippen molar-refractivity contribution in [2.75, 3.05) is 45.9 Å². The average Bonchev–Trinajstić information content (AvgIpc) is 3.03. The molecule has 2 aliphatic heterocycles. The summed E-state index contributed by atoms with van der Waals surface area (Å²) in [6, 6.07) is 2.67. The number of nitrogens with zero attached hydrogens (tertiary/aromatic N) is 3. The molecule has 2 unspecified atom stereocenters. The molecule has 0 bridgehead atoms. The quantitative estimate of drug-likeness (QED) is 0.900. The third-order valence-corrected chi connectivity index (χ3v) is 4.71. The van der Waals surface area contributed by atoms with E-state index >= 15 is 0 Å². The number of aromatic nitrogens is 2. The largest absolute Gasteiger partial charge is 0.379 e. The first-order chi connectivity index (χ1) is 10.3. The second-order valence-electron chi connectivity index (χ2n) is 6.54. The molecule has 0 aromatic carbocycles. The number of likely N-dealkylation sites (tertiary alicyclic amines) is 1. The van der Waals surface area contributed by atoms with Crippen LogP contribution < -0.4 is 0 Å². The molecular formula is C16H28N4O. The fraction of sp³-hybridized carbons (Fsp3) is 0.812. The number of hydrogen-bond donors (Lipinski definition) is 1. The summed E-state index contributed by atoms with van der Waals surface area (Å²) < 4.78 is 5.43. The standard InChI is InChI=1S/C16H28N4O/c1-14(12-19-8-10-21-11-9-19)13-20-7-3-2-4-16(20)15-5-6-17-18-15/h5-6,14,16H,2-4,7-13H2,1H3,(H,17,18). The van der Waals surface area contributed by atoms with Crippen LogP contribution in [0.3, 0.4) is 0 Å². The minimum Gasteiger partial charge on any atom is -0.379 e. The number of H-pyrrole nitrogens is 1. The van der Waals surface area contributed by atoms with Crippen LogP contribution >= 0.6 is 0 Å². The molecule has 5 nitrogen and oxygen atoms in total. The molecule has 3 heterocycles. The van der Waals surface area contributed by atoms with Gasteiger partial charge in [0.05, 0.1) is 24.9 Å². The van der Waals surface area contributed by atoms with Crippen LogP contribution in [-0.2, 0) is 4.74 Å². The summed E-state index contributed by atoms with van der Waals surface area (Å²) >= 11 is 0. The molecule has 3 rings (SSSR count). The van der Waals surface area contributed by atoms with E-state index in [0.29, 0.717) is 12.0 Å². The molecule has 0 aliphatic carbocycles. The van der Waals surface area contributed by atoms with Crippen molar-refractivity contribution < 1.29 is 4.74 Å². The van der Waals surface area contributed by atoms with E-state index in [1.807, 2.05) is 6.20 Å². The van der Waals surface area contributed by atoms with Crippen molar-refractivity contribution in [2.24, 2.45) is 5.92 Å². The first-order valence-electron chi connectivity index (χ1n) is 8.36. The molecule has 118 valence electrons. The Morgan fingerprint density at radius 1 is 1.29 bits per heavy atom. The fourth-order valence-corrected chi connectivity index (χ4v) is 3.70. The maximum absolute atomic E-state index is 5.43. The van der Waals surface area contributed by atoms with Gasteiger partial charge in [-0.15, -0.1) is 0 Å². The highest BCUT2D eigenvalue weighted by atomic mass is 16.5. The zero-order valence-electron chi connectivity index (χ0n) is 13.1. The third kappa shape index (κ3) is 4.05. The Bertz CT molecular complexity index is 402. The molecule has 0 radical (unpaired) electrons. The summed E-state index contributed by atoms with van der Waals surface area (Å²) in [6.07, 6.45) is 5.79. The van der Waals surface area contributed by atoms with Crippen molar-refractivity contribution in [3.63, 3.8) is 0 Å². The van der Waals surface area contributed by atoms with Crippen molar-refractivity contribution in [1.29, 1.82) is 0 Å². The predicted octanol–water partition coefficient (Wildman–Crippen LogP) is 1.90. The number of hydrogen-bond acceptors (Lipinski definition) is 4. The maximum atomic E-state index is 5.43. The Morgan fingerprint density at radius 3 is 2.90 bits per heavy atom. The molecule has 2 fully saturated rings. The Hall–Kier alpha value is -0.910. The van der Waals surface area contributed by atoms with Crippen LogP contribution in [0, 0.1) is 5.92 Å². The number of aromatic amines is 1. The molecular weight excluding hydrogens is 264 g/mol. The minimum atomic E-state index is 0.536. The highest BCUT2D eigenvalue weighted by Crippen LogP contribution is 2.30. The van der Waals surface area contributed by atoms with E-state index in [1.165, 1.54) is 44.6 Å². The molecule has 2 aliphatic rings. The van der Waals surface area contributed by atoms with E-state index in [-0.39, 0.29) is 0 Å². The van der Waals surface area contributed by atoms with Gasteiger partial charge in [0.1, 0.15) is 0 Å². The van der Waals surface area contributed by atoms with Crippen molar-refractivity contribution in [1.82, 2.24) is 20.0 Å². The van der Waals surface area contributed by atoms with Gasteiger partial charge >= 0.3 is 0 Å². The zero-order valence-corrected chi connectivity index (χ0v) is 13.1. The number of morpholine rings is 1. The lowest BCUT2D eigenvalue weighted by Crippen LogP contribution is -2.43. The van der Waals surface area contributed by atoms with Gasteiger partial charge in [-0.05, 0) is 31.4 Å². The molecule has 0 saturated carbocycles. The predicted molar refractivity (Wildman–Crippen MR) is 83.2 cm³/mol. The van der Waals surface area contributed by atoms with Crippen LogP contribution in [0.25, 0.3) is 0 Å². The summed E-state index contributed by atoms with van der Waals surface area (Å²) in [5.74, 6) is 0.701. The molecule has 1 aromatic rings. The zero-order chi connectivity index (χ0) is 14.5. The Kier molecular flexibility index (Phi) is 5.27. The second kappa shape index (κ2) is 7.38. The van der Waals surface area contributed by atoms with Gasteiger partial charge in [-0.1, -0.05) is 13.3 Å². The second-order valence-corrected chi connectivity index (χ2v) is 6.54. The molecule has 1 aromatic heterocycles.